The molecule has 2 amide bonds. The SMILES string of the molecule is O=C(Cc1csc(NC(=O)c2ccsc2)n1)Nc1nccs1. The van der Waals surface area contributed by atoms with Gasteiger partial charge in [-0.05, 0) is 11.4 Å². The number of carbonyl (C=O) groups is 2. The van der Waals surface area contributed by atoms with Gasteiger partial charge in [0.25, 0.3) is 5.91 Å². The molecule has 0 radical (unpaired) electrons. The largest absolute Gasteiger partial charge is 0.302 e. The van der Waals surface area contributed by atoms with Crippen LogP contribution in [0.4, 0.5) is 10.3 Å². The lowest BCUT2D eigenvalue weighted by Crippen LogP contribution is -2.14. The zero-order chi connectivity index (χ0) is 15.4. The third-order valence-corrected chi connectivity index (χ3v) is 4.75. The van der Waals surface area contributed by atoms with Gasteiger partial charge in [0, 0.05) is 22.3 Å². The van der Waals surface area contributed by atoms with Crippen LogP contribution in [0.25, 0.3) is 0 Å². The van der Waals surface area contributed by atoms with Crippen LogP contribution in [0.15, 0.2) is 33.8 Å². The van der Waals surface area contributed by atoms with E-state index < -0.39 is 0 Å². The molecule has 0 bridgehead atoms. The fourth-order valence-corrected chi connectivity index (χ4v) is 3.51. The molecule has 9 heteroatoms. The molecule has 112 valence electrons. The van der Waals surface area contributed by atoms with E-state index in [1.165, 1.54) is 34.0 Å². The number of thiazole rings is 2. The molecule has 0 aromatic carbocycles. The summed E-state index contributed by atoms with van der Waals surface area (Å²) in [6.07, 6.45) is 1.77. The average Bonchev–Trinajstić information content (AvgIpc) is 3.20. The Morgan fingerprint density at radius 3 is 2.73 bits per heavy atom. The third kappa shape index (κ3) is 3.75. The maximum atomic E-state index is 11.9. The first-order valence-electron chi connectivity index (χ1n) is 6.18. The number of anilines is 2. The number of carbonyl (C=O) groups excluding carboxylic acids is 2. The average molecular weight is 350 g/mol. The Hall–Kier alpha value is -2.10. The van der Waals surface area contributed by atoms with Crippen molar-refractivity contribution >= 4 is 56.1 Å². The van der Waals surface area contributed by atoms with Crippen molar-refractivity contribution in [3.63, 3.8) is 0 Å². The first-order chi connectivity index (χ1) is 10.7. The van der Waals surface area contributed by atoms with Crippen molar-refractivity contribution in [1.82, 2.24) is 9.97 Å². The molecule has 6 nitrogen and oxygen atoms in total. The van der Waals surface area contributed by atoms with E-state index in [0.717, 1.165) is 0 Å². The lowest BCUT2D eigenvalue weighted by Gasteiger charge is -1.99. The van der Waals surface area contributed by atoms with Crippen molar-refractivity contribution in [2.75, 3.05) is 10.6 Å². The highest BCUT2D eigenvalue weighted by Gasteiger charge is 2.12. The van der Waals surface area contributed by atoms with Crippen molar-refractivity contribution in [3.8, 4) is 0 Å². The zero-order valence-electron chi connectivity index (χ0n) is 11.1. The van der Waals surface area contributed by atoms with Crippen LogP contribution in [0, 0.1) is 0 Å². The predicted octanol–water partition coefficient (Wildman–Crippen LogP) is 3.09. The minimum atomic E-state index is -0.200. The van der Waals surface area contributed by atoms with Crippen LogP contribution < -0.4 is 10.6 Å². The molecule has 3 rings (SSSR count). The molecular weight excluding hydrogens is 340 g/mol. The summed E-state index contributed by atoms with van der Waals surface area (Å²) in [5.41, 5.74) is 1.21. The van der Waals surface area contributed by atoms with E-state index in [1.807, 2.05) is 5.38 Å². The second kappa shape index (κ2) is 6.77. The normalized spacial score (nSPS) is 10.4. The van der Waals surface area contributed by atoms with Gasteiger partial charge in [-0.1, -0.05) is 0 Å². The van der Waals surface area contributed by atoms with E-state index in [2.05, 4.69) is 20.6 Å². The van der Waals surface area contributed by atoms with Crippen molar-refractivity contribution in [3.05, 3.63) is 45.0 Å². The minimum Gasteiger partial charge on any atom is -0.302 e. The summed E-state index contributed by atoms with van der Waals surface area (Å²) in [6.45, 7) is 0. The molecule has 0 aliphatic carbocycles. The van der Waals surface area contributed by atoms with Crippen LogP contribution in [0.5, 0.6) is 0 Å². The van der Waals surface area contributed by atoms with E-state index in [4.69, 9.17) is 0 Å². The lowest BCUT2D eigenvalue weighted by molar-refractivity contribution is -0.115. The Balaban J connectivity index is 1.57. The molecular formula is C13H10N4O2S3. The first kappa shape index (κ1) is 14.8. The van der Waals surface area contributed by atoms with Gasteiger partial charge in [-0.3, -0.25) is 14.9 Å². The molecule has 0 spiro atoms. The van der Waals surface area contributed by atoms with Crippen molar-refractivity contribution in [2.45, 2.75) is 6.42 Å². The second-order valence-corrected chi connectivity index (χ2v) is 6.71. The molecule has 0 atom stereocenters. The van der Waals surface area contributed by atoms with Gasteiger partial charge in [-0.15, -0.1) is 22.7 Å². The van der Waals surface area contributed by atoms with Crippen LogP contribution in [0.3, 0.4) is 0 Å². The molecule has 0 aliphatic rings. The number of nitrogens with zero attached hydrogens (tertiary/aromatic N) is 2. The molecule has 3 aromatic heterocycles. The van der Waals surface area contributed by atoms with Crippen molar-refractivity contribution in [2.24, 2.45) is 0 Å². The highest BCUT2D eigenvalue weighted by atomic mass is 32.1. The Kier molecular flexibility index (Phi) is 4.56. The van der Waals surface area contributed by atoms with Gasteiger partial charge in [-0.25, -0.2) is 9.97 Å². The summed E-state index contributed by atoms with van der Waals surface area (Å²) in [5, 5.41) is 13.6. The van der Waals surface area contributed by atoms with E-state index >= 15 is 0 Å². The number of amides is 2. The quantitative estimate of drug-likeness (QED) is 0.740. The summed E-state index contributed by atoms with van der Waals surface area (Å²) in [5.74, 6) is -0.384. The highest BCUT2D eigenvalue weighted by Crippen LogP contribution is 2.18. The summed E-state index contributed by atoms with van der Waals surface area (Å²) in [6, 6.07) is 1.75. The predicted molar refractivity (Wildman–Crippen MR) is 88.8 cm³/mol. The maximum Gasteiger partial charge on any atom is 0.258 e. The summed E-state index contributed by atoms with van der Waals surface area (Å²) < 4.78 is 0. The number of hydrogen-bond acceptors (Lipinski definition) is 7. The molecule has 3 heterocycles. The van der Waals surface area contributed by atoms with E-state index in [-0.39, 0.29) is 18.2 Å². The number of thiophene rings is 1. The minimum absolute atomic E-state index is 0.143. The summed E-state index contributed by atoms with van der Waals surface area (Å²) in [4.78, 5) is 32.0. The van der Waals surface area contributed by atoms with Gasteiger partial charge >= 0.3 is 0 Å². The fourth-order valence-electron chi connectivity index (χ4n) is 1.62. The molecule has 22 heavy (non-hydrogen) atoms. The Morgan fingerprint density at radius 1 is 1.09 bits per heavy atom. The fraction of sp³-hybridized carbons (Fsp3) is 0.0769. The van der Waals surface area contributed by atoms with E-state index in [1.54, 1.807) is 28.4 Å². The van der Waals surface area contributed by atoms with Gasteiger partial charge < -0.3 is 5.32 Å². The van der Waals surface area contributed by atoms with Crippen molar-refractivity contribution < 1.29 is 9.59 Å². The number of nitrogens with one attached hydrogen (secondary N) is 2. The Labute approximate surface area is 137 Å². The van der Waals surface area contributed by atoms with E-state index in [9.17, 15) is 9.59 Å². The first-order valence-corrected chi connectivity index (χ1v) is 8.88. The standard InChI is InChI=1S/C13H10N4O2S3/c18-10(16-12-14-2-4-21-12)5-9-7-22-13(15-9)17-11(19)8-1-3-20-6-8/h1-4,6-7H,5H2,(H,14,16,18)(H,15,17,19). The Morgan fingerprint density at radius 2 is 2.00 bits per heavy atom. The second-order valence-electron chi connectivity index (χ2n) is 4.17. The van der Waals surface area contributed by atoms with Crippen LogP contribution >= 0.6 is 34.0 Å². The van der Waals surface area contributed by atoms with Crippen molar-refractivity contribution in [1.29, 1.82) is 0 Å². The molecule has 0 fully saturated rings. The van der Waals surface area contributed by atoms with Crippen LogP contribution in [0.2, 0.25) is 0 Å². The van der Waals surface area contributed by atoms with Crippen LogP contribution in [-0.4, -0.2) is 21.8 Å². The van der Waals surface area contributed by atoms with Crippen LogP contribution in [-0.2, 0) is 11.2 Å². The molecule has 0 saturated heterocycles. The maximum absolute atomic E-state index is 11.9. The zero-order valence-corrected chi connectivity index (χ0v) is 13.6. The smallest absolute Gasteiger partial charge is 0.258 e. The number of rotatable bonds is 5. The summed E-state index contributed by atoms with van der Waals surface area (Å²) in [7, 11) is 0. The molecule has 0 saturated carbocycles. The van der Waals surface area contributed by atoms with Gasteiger partial charge in [0.05, 0.1) is 17.7 Å². The number of hydrogen-bond donors (Lipinski definition) is 2. The number of aromatic nitrogens is 2. The Bertz CT molecular complexity index is 765. The van der Waals surface area contributed by atoms with Gasteiger partial charge in [0.15, 0.2) is 10.3 Å². The van der Waals surface area contributed by atoms with Crippen LogP contribution in [0.1, 0.15) is 16.1 Å². The van der Waals surface area contributed by atoms with Gasteiger partial charge in [0.1, 0.15) is 0 Å². The summed E-state index contributed by atoms with van der Waals surface area (Å²) >= 11 is 4.11. The van der Waals surface area contributed by atoms with Gasteiger partial charge in [0.2, 0.25) is 5.91 Å². The molecule has 0 unspecified atom stereocenters. The molecule has 3 aromatic rings. The molecule has 2 N–H and O–H groups in total. The monoisotopic (exact) mass is 350 g/mol. The highest BCUT2D eigenvalue weighted by molar-refractivity contribution is 7.14. The van der Waals surface area contributed by atoms with E-state index in [0.29, 0.717) is 21.5 Å². The molecule has 0 aliphatic heterocycles. The van der Waals surface area contributed by atoms with Gasteiger partial charge in [-0.2, -0.15) is 11.3 Å². The topological polar surface area (TPSA) is 84.0 Å². The lowest BCUT2D eigenvalue weighted by atomic mass is 10.3. The third-order valence-electron chi connectivity index (χ3n) is 2.58.